The van der Waals surface area contributed by atoms with E-state index in [2.05, 4.69) is 15.6 Å². The van der Waals surface area contributed by atoms with E-state index in [1.165, 1.54) is 25.7 Å². The van der Waals surface area contributed by atoms with E-state index in [0.717, 1.165) is 12.2 Å². The molecule has 0 radical (unpaired) electrons. The smallest absolute Gasteiger partial charge is 0.274 e. The van der Waals surface area contributed by atoms with E-state index >= 15 is 0 Å². The number of nitrogens with zero attached hydrogens (tertiary/aromatic N) is 3. The predicted molar refractivity (Wildman–Crippen MR) is 84.6 cm³/mol. The van der Waals surface area contributed by atoms with Crippen LogP contribution in [0.5, 0.6) is 0 Å². The van der Waals surface area contributed by atoms with Crippen molar-refractivity contribution in [2.24, 2.45) is 5.92 Å². The van der Waals surface area contributed by atoms with Crippen LogP contribution in [0.25, 0.3) is 0 Å². The van der Waals surface area contributed by atoms with Gasteiger partial charge in [0, 0.05) is 6.54 Å². The molecular weight excluding hydrogens is 280 g/mol. The summed E-state index contributed by atoms with van der Waals surface area (Å²) in [6.07, 6.45) is 5.70. The molecule has 0 saturated heterocycles. The summed E-state index contributed by atoms with van der Waals surface area (Å²) >= 11 is 0. The van der Waals surface area contributed by atoms with Crippen molar-refractivity contribution in [3.8, 4) is 0 Å². The zero-order valence-electron chi connectivity index (χ0n) is 14.1. The quantitative estimate of drug-likeness (QED) is 0.843. The number of carbonyl (C=O) groups is 1. The Morgan fingerprint density at radius 1 is 1.45 bits per heavy atom. The second-order valence-corrected chi connectivity index (χ2v) is 6.94. The molecule has 2 N–H and O–H groups in total. The van der Waals surface area contributed by atoms with Crippen molar-refractivity contribution in [2.45, 2.75) is 78.0 Å². The zero-order chi connectivity index (χ0) is 16.3. The largest absolute Gasteiger partial charge is 0.388 e. The lowest BCUT2D eigenvalue weighted by molar-refractivity contribution is 0.0336. The van der Waals surface area contributed by atoms with Gasteiger partial charge < -0.3 is 10.4 Å². The molecule has 22 heavy (non-hydrogen) atoms. The van der Waals surface area contributed by atoms with Gasteiger partial charge in [0.25, 0.3) is 5.91 Å². The van der Waals surface area contributed by atoms with Crippen molar-refractivity contribution in [1.29, 1.82) is 0 Å². The highest BCUT2D eigenvalue weighted by Gasteiger charge is 2.29. The summed E-state index contributed by atoms with van der Waals surface area (Å²) in [5, 5.41) is 21.1. The van der Waals surface area contributed by atoms with Crippen LogP contribution in [0.2, 0.25) is 0 Å². The van der Waals surface area contributed by atoms with Gasteiger partial charge in [-0.05, 0) is 46.0 Å². The van der Waals surface area contributed by atoms with E-state index in [9.17, 15) is 9.90 Å². The molecule has 1 aromatic heterocycles. The molecule has 1 saturated carbocycles. The first-order valence-corrected chi connectivity index (χ1v) is 8.26. The number of hydrogen-bond donors (Lipinski definition) is 2. The maximum Gasteiger partial charge on any atom is 0.274 e. The lowest BCUT2D eigenvalue weighted by Crippen LogP contribution is -2.49. The molecule has 124 valence electrons. The van der Waals surface area contributed by atoms with Gasteiger partial charge in [0.05, 0.1) is 17.3 Å². The van der Waals surface area contributed by atoms with Crippen molar-refractivity contribution < 1.29 is 9.90 Å². The first-order valence-electron chi connectivity index (χ1n) is 8.26. The van der Waals surface area contributed by atoms with E-state index in [-0.39, 0.29) is 11.9 Å². The molecule has 0 spiro atoms. The van der Waals surface area contributed by atoms with E-state index in [0.29, 0.717) is 18.0 Å². The highest BCUT2D eigenvalue weighted by atomic mass is 16.3. The zero-order valence-corrected chi connectivity index (χ0v) is 14.1. The molecule has 0 aliphatic heterocycles. The molecule has 2 rings (SSSR count). The van der Waals surface area contributed by atoms with Gasteiger partial charge in [-0.15, -0.1) is 5.10 Å². The molecule has 0 aromatic carbocycles. The van der Waals surface area contributed by atoms with Crippen molar-refractivity contribution in [3.63, 3.8) is 0 Å². The third-order valence-electron chi connectivity index (χ3n) is 4.67. The third-order valence-corrected chi connectivity index (χ3v) is 4.67. The van der Waals surface area contributed by atoms with Crippen LogP contribution in [0.4, 0.5) is 0 Å². The number of aliphatic hydroxyl groups is 1. The predicted octanol–water partition coefficient (Wildman–Crippen LogP) is 2.06. The Bertz CT molecular complexity index is 513. The van der Waals surface area contributed by atoms with Crippen LogP contribution in [-0.2, 0) is 6.54 Å². The van der Waals surface area contributed by atoms with Crippen LogP contribution in [0.3, 0.4) is 0 Å². The van der Waals surface area contributed by atoms with Gasteiger partial charge >= 0.3 is 0 Å². The van der Waals surface area contributed by atoms with Crippen LogP contribution in [-0.4, -0.2) is 37.7 Å². The highest BCUT2D eigenvalue weighted by Crippen LogP contribution is 2.26. The fourth-order valence-electron chi connectivity index (χ4n) is 3.19. The fourth-order valence-corrected chi connectivity index (χ4v) is 3.19. The van der Waals surface area contributed by atoms with Crippen molar-refractivity contribution in [3.05, 3.63) is 11.4 Å². The van der Waals surface area contributed by atoms with Gasteiger partial charge in [-0.2, -0.15) is 0 Å². The first-order chi connectivity index (χ1) is 10.3. The average molecular weight is 308 g/mol. The molecule has 1 unspecified atom stereocenters. The van der Waals surface area contributed by atoms with Crippen molar-refractivity contribution in [1.82, 2.24) is 20.3 Å². The van der Waals surface area contributed by atoms with Gasteiger partial charge in [-0.3, -0.25) is 4.79 Å². The summed E-state index contributed by atoms with van der Waals surface area (Å²) < 4.78 is 1.84. The molecule has 1 fully saturated rings. The summed E-state index contributed by atoms with van der Waals surface area (Å²) in [5.74, 6) is 0.389. The molecule has 1 aromatic rings. The molecule has 6 nitrogen and oxygen atoms in total. The Hall–Kier alpha value is -1.43. The maximum absolute atomic E-state index is 12.4. The van der Waals surface area contributed by atoms with Crippen molar-refractivity contribution >= 4 is 5.91 Å². The summed E-state index contributed by atoms with van der Waals surface area (Å²) in [7, 11) is 0. The third kappa shape index (κ3) is 3.85. The van der Waals surface area contributed by atoms with Gasteiger partial charge in [0.1, 0.15) is 0 Å². The van der Waals surface area contributed by atoms with Crippen LogP contribution in [0.15, 0.2) is 0 Å². The molecule has 1 aliphatic carbocycles. The number of carbonyl (C=O) groups excluding carboxylic acids is 1. The minimum atomic E-state index is -0.960. The molecule has 1 amide bonds. The minimum Gasteiger partial charge on any atom is -0.388 e. The van der Waals surface area contributed by atoms with Crippen LogP contribution in [0.1, 0.15) is 69.1 Å². The SMILES string of the molecule is CCC(NC(=O)c1nnn(CC2CCCC2)c1C)C(C)(C)O. The molecule has 6 heteroatoms. The standard InChI is InChI=1S/C16H28N4O2/c1-5-13(16(3,4)22)17-15(21)14-11(2)20(19-18-14)10-12-8-6-7-9-12/h12-13,22H,5-10H2,1-4H3,(H,17,21). The molecule has 1 atom stereocenters. The summed E-state index contributed by atoms with van der Waals surface area (Å²) in [5.41, 5.74) is 0.203. The first kappa shape index (κ1) is 16.9. The maximum atomic E-state index is 12.4. The van der Waals surface area contributed by atoms with Crippen molar-refractivity contribution in [2.75, 3.05) is 0 Å². The van der Waals surface area contributed by atoms with Crippen LogP contribution < -0.4 is 5.32 Å². The molecule has 1 aliphatic rings. The fraction of sp³-hybridized carbons (Fsp3) is 0.812. The Morgan fingerprint density at radius 3 is 2.64 bits per heavy atom. The normalized spacial score (nSPS) is 17.7. The molecule has 1 heterocycles. The van der Waals surface area contributed by atoms with Gasteiger partial charge in [-0.25, -0.2) is 4.68 Å². The number of amides is 1. The minimum absolute atomic E-state index is 0.260. The summed E-state index contributed by atoms with van der Waals surface area (Å²) in [4.78, 5) is 12.4. The Labute approximate surface area is 132 Å². The Balaban J connectivity index is 2.05. The van der Waals surface area contributed by atoms with E-state index in [4.69, 9.17) is 0 Å². The van der Waals surface area contributed by atoms with Gasteiger partial charge in [0.2, 0.25) is 0 Å². The van der Waals surface area contributed by atoms with Gasteiger partial charge in [-0.1, -0.05) is 25.0 Å². The summed E-state index contributed by atoms with van der Waals surface area (Å²) in [6.45, 7) is 8.06. The number of aromatic nitrogens is 3. The second-order valence-electron chi connectivity index (χ2n) is 6.94. The van der Waals surface area contributed by atoms with Crippen LogP contribution in [0, 0.1) is 12.8 Å². The topological polar surface area (TPSA) is 80.0 Å². The Morgan fingerprint density at radius 2 is 2.09 bits per heavy atom. The van der Waals surface area contributed by atoms with Gasteiger partial charge in [0.15, 0.2) is 5.69 Å². The Kier molecular flexibility index (Phi) is 5.21. The molecular formula is C16H28N4O2. The van der Waals surface area contributed by atoms with Crippen LogP contribution >= 0.6 is 0 Å². The number of rotatable bonds is 6. The van der Waals surface area contributed by atoms with E-state index < -0.39 is 5.60 Å². The lowest BCUT2D eigenvalue weighted by atomic mass is 9.96. The molecule has 0 bridgehead atoms. The second kappa shape index (κ2) is 6.77. The summed E-state index contributed by atoms with van der Waals surface area (Å²) in [6, 6.07) is -0.306. The average Bonchev–Trinajstić information content (AvgIpc) is 3.06. The van der Waals surface area contributed by atoms with E-state index in [1.54, 1.807) is 13.8 Å². The highest BCUT2D eigenvalue weighted by molar-refractivity contribution is 5.93. The van der Waals surface area contributed by atoms with E-state index in [1.807, 2.05) is 18.5 Å². The number of nitrogens with one attached hydrogen (secondary N) is 1. The number of hydrogen-bond acceptors (Lipinski definition) is 4. The monoisotopic (exact) mass is 308 g/mol. The lowest BCUT2D eigenvalue weighted by Gasteiger charge is -2.28.